The third-order valence-corrected chi connectivity index (χ3v) is 9.23. The number of fused-ring (bicyclic) bond motifs is 12. The average Bonchev–Trinajstić information content (AvgIpc) is 3.62. The third-order valence-electron chi connectivity index (χ3n) is 9.23. The zero-order valence-electron chi connectivity index (χ0n) is 26.5. The van der Waals surface area contributed by atoms with Crippen LogP contribution in [0.5, 0.6) is 11.5 Å². The van der Waals surface area contributed by atoms with Gasteiger partial charge in [0.2, 0.25) is 0 Å². The minimum atomic E-state index is 0. The zero-order chi connectivity index (χ0) is 31.3. The van der Waals surface area contributed by atoms with Crippen molar-refractivity contribution in [2.24, 2.45) is 0 Å². The van der Waals surface area contributed by atoms with Crippen molar-refractivity contribution in [2.75, 3.05) is 0 Å². The number of hydrogen-bond donors (Lipinski definition) is 0. The van der Waals surface area contributed by atoms with Gasteiger partial charge in [0.05, 0.1) is 17.0 Å². The molecule has 0 N–H and O–H groups in total. The standard InChI is InChI=1S/C40H29N5O.Pt/c1-22-17-23(2)37(24(3)18-22)35-21-44-36-11-7-6-9-31(36)29-14-12-27(19-33(29)39(44)43-35)46-28-13-15-30-32-10-8-16-41-38(32)45-26(5)25(4)42-40(45)34(30)20-28;/h6-18,21H,1-5H3;/q-2;+2. The molecule has 6 nitrogen and oxygen atoms in total. The molecule has 0 atom stereocenters. The van der Waals surface area contributed by atoms with Crippen molar-refractivity contribution >= 4 is 54.8 Å². The Morgan fingerprint density at radius 3 is 2.06 bits per heavy atom. The molecule has 0 unspecified atom stereocenters. The van der Waals surface area contributed by atoms with Crippen LogP contribution in [0.1, 0.15) is 28.1 Å². The molecule has 5 heterocycles. The molecule has 47 heavy (non-hydrogen) atoms. The van der Waals surface area contributed by atoms with Gasteiger partial charge in [-0.2, -0.15) is 0 Å². The fourth-order valence-corrected chi connectivity index (χ4v) is 7.17. The predicted molar refractivity (Wildman–Crippen MR) is 185 cm³/mol. The Labute approximate surface area is 285 Å². The summed E-state index contributed by atoms with van der Waals surface area (Å²) >= 11 is 0. The molecular weight excluding hydrogens is 762 g/mol. The van der Waals surface area contributed by atoms with Crippen LogP contribution >= 0.6 is 0 Å². The van der Waals surface area contributed by atoms with Gasteiger partial charge in [0.25, 0.3) is 0 Å². The molecule has 0 saturated heterocycles. The summed E-state index contributed by atoms with van der Waals surface area (Å²) in [5.41, 5.74) is 11.5. The van der Waals surface area contributed by atoms with Gasteiger partial charge in [0.15, 0.2) is 0 Å². The maximum Gasteiger partial charge on any atom is 2.00 e. The summed E-state index contributed by atoms with van der Waals surface area (Å²) in [5, 5.41) is 6.11. The molecule has 0 spiro atoms. The van der Waals surface area contributed by atoms with Crippen molar-refractivity contribution in [2.45, 2.75) is 34.6 Å². The van der Waals surface area contributed by atoms with Crippen LogP contribution in [0.2, 0.25) is 0 Å². The second-order valence-corrected chi connectivity index (χ2v) is 12.3. The number of imidazole rings is 2. The van der Waals surface area contributed by atoms with Gasteiger partial charge in [-0.15, -0.1) is 12.1 Å². The van der Waals surface area contributed by atoms with Crippen LogP contribution in [-0.4, -0.2) is 23.8 Å². The minimum absolute atomic E-state index is 0. The normalized spacial score (nSPS) is 11.8. The smallest absolute Gasteiger partial charge is 0.497 e. The first-order chi connectivity index (χ1) is 22.4. The second kappa shape index (κ2) is 10.7. The van der Waals surface area contributed by atoms with Gasteiger partial charge in [0, 0.05) is 46.4 Å². The van der Waals surface area contributed by atoms with Crippen LogP contribution in [0, 0.1) is 46.8 Å². The molecule has 7 heteroatoms. The summed E-state index contributed by atoms with van der Waals surface area (Å²) < 4.78 is 10.8. The summed E-state index contributed by atoms with van der Waals surface area (Å²) in [6.07, 6.45) is 3.98. The van der Waals surface area contributed by atoms with Gasteiger partial charge in [-0.3, -0.25) is 9.97 Å². The summed E-state index contributed by atoms with van der Waals surface area (Å²) in [6, 6.07) is 32.2. The molecule has 0 aliphatic heterocycles. The van der Waals surface area contributed by atoms with Crippen molar-refractivity contribution < 1.29 is 25.8 Å². The van der Waals surface area contributed by atoms with E-state index in [1.165, 1.54) is 22.3 Å². The largest absolute Gasteiger partial charge is 2.00 e. The van der Waals surface area contributed by atoms with Crippen LogP contribution in [-0.2, 0) is 21.1 Å². The minimum Gasteiger partial charge on any atom is -0.497 e. The second-order valence-electron chi connectivity index (χ2n) is 12.3. The Kier molecular flexibility index (Phi) is 6.71. The number of rotatable bonds is 3. The van der Waals surface area contributed by atoms with Gasteiger partial charge in [-0.1, -0.05) is 87.8 Å². The summed E-state index contributed by atoms with van der Waals surface area (Å²) in [7, 11) is 0. The maximum absolute atomic E-state index is 6.50. The number of nitrogens with zero attached hydrogens (tertiary/aromatic N) is 5. The zero-order valence-corrected chi connectivity index (χ0v) is 28.8. The van der Waals surface area contributed by atoms with Crippen molar-refractivity contribution in [3.63, 3.8) is 0 Å². The number of pyridine rings is 3. The summed E-state index contributed by atoms with van der Waals surface area (Å²) in [4.78, 5) is 14.8. The number of para-hydroxylation sites is 1. The molecule has 9 rings (SSSR count). The van der Waals surface area contributed by atoms with Crippen LogP contribution in [0.25, 0.3) is 66.0 Å². The van der Waals surface area contributed by atoms with Crippen LogP contribution < -0.4 is 4.74 Å². The van der Waals surface area contributed by atoms with E-state index in [1.54, 1.807) is 0 Å². The molecular formula is C40H29N5OPt. The van der Waals surface area contributed by atoms with Crippen LogP contribution in [0.4, 0.5) is 0 Å². The quantitative estimate of drug-likeness (QED) is 0.132. The van der Waals surface area contributed by atoms with E-state index >= 15 is 0 Å². The molecule has 0 fully saturated rings. The molecule has 0 aliphatic rings. The Morgan fingerprint density at radius 2 is 1.32 bits per heavy atom. The Bertz CT molecular complexity index is 2720. The van der Waals surface area contributed by atoms with Crippen molar-refractivity contribution in [3.8, 4) is 22.8 Å². The molecule has 0 aliphatic carbocycles. The van der Waals surface area contributed by atoms with Gasteiger partial charge >= 0.3 is 21.1 Å². The van der Waals surface area contributed by atoms with Gasteiger partial charge < -0.3 is 13.5 Å². The number of aryl methyl sites for hydroxylation is 5. The number of hydrogen-bond acceptors (Lipinski definition) is 4. The summed E-state index contributed by atoms with van der Waals surface area (Å²) in [6.45, 7) is 10.6. The van der Waals surface area contributed by atoms with Crippen molar-refractivity contribution in [3.05, 3.63) is 125 Å². The average molecular weight is 791 g/mol. The topological polar surface area (TPSA) is 56.7 Å². The number of ether oxygens (including phenoxy) is 1. The SMILES string of the molecule is Cc1cc(C)c(-c2cn3c4ccccc4c4ccc(Oc5[c-]c6c(cc5)c5cccnc5n5c(C)c(C)nc65)[c-]c4c3n2)c(C)c1.[Pt+2]. The van der Waals surface area contributed by atoms with Crippen LogP contribution in [0.3, 0.4) is 0 Å². The first-order valence-electron chi connectivity index (χ1n) is 15.5. The van der Waals surface area contributed by atoms with E-state index in [4.69, 9.17) is 19.7 Å². The molecule has 0 amide bonds. The van der Waals surface area contributed by atoms with Crippen molar-refractivity contribution in [1.82, 2.24) is 23.8 Å². The van der Waals surface area contributed by atoms with Gasteiger partial charge in [-0.25, -0.2) is 4.98 Å². The molecule has 4 aromatic carbocycles. The first kappa shape index (κ1) is 29.3. The fourth-order valence-electron chi connectivity index (χ4n) is 7.17. The van der Waals surface area contributed by atoms with E-state index in [9.17, 15) is 0 Å². The molecule has 230 valence electrons. The van der Waals surface area contributed by atoms with E-state index in [-0.39, 0.29) is 21.1 Å². The summed E-state index contributed by atoms with van der Waals surface area (Å²) in [5.74, 6) is 1.19. The molecule has 0 saturated carbocycles. The van der Waals surface area contributed by atoms with E-state index < -0.39 is 0 Å². The van der Waals surface area contributed by atoms with E-state index in [0.717, 1.165) is 71.9 Å². The molecule has 0 bridgehead atoms. The molecule has 5 aromatic heterocycles. The monoisotopic (exact) mass is 790 g/mol. The Balaban J connectivity index is 0.00000324. The van der Waals surface area contributed by atoms with E-state index in [0.29, 0.717) is 11.5 Å². The van der Waals surface area contributed by atoms with Gasteiger partial charge in [-0.05, 0) is 68.7 Å². The Morgan fingerprint density at radius 1 is 0.660 bits per heavy atom. The fraction of sp³-hybridized carbons (Fsp3) is 0.125. The van der Waals surface area contributed by atoms with Crippen LogP contribution in [0.15, 0.2) is 85.2 Å². The first-order valence-corrected chi connectivity index (χ1v) is 15.5. The molecule has 9 aromatic rings. The third kappa shape index (κ3) is 4.39. The number of benzene rings is 4. The van der Waals surface area contributed by atoms with Crippen molar-refractivity contribution in [1.29, 1.82) is 0 Å². The molecule has 0 radical (unpaired) electrons. The van der Waals surface area contributed by atoms with Gasteiger partial charge in [0.1, 0.15) is 5.65 Å². The van der Waals surface area contributed by atoms with E-state index in [2.05, 4.69) is 109 Å². The Hall–Kier alpha value is -5.06. The predicted octanol–water partition coefficient (Wildman–Crippen LogP) is 9.59. The number of aromatic nitrogens is 5. The maximum atomic E-state index is 6.50. The van der Waals surface area contributed by atoms with E-state index in [1.807, 2.05) is 31.3 Å².